The molecule has 0 amide bonds. The van der Waals surface area contributed by atoms with E-state index in [0.717, 1.165) is 0 Å². The summed E-state index contributed by atoms with van der Waals surface area (Å²) in [6.07, 6.45) is 3.83. The van der Waals surface area contributed by atoms with Gasteiger partial charge in [0.05, 0.1) is 13.2 Å². The molecule has 1 rings (SSSR count). The minimum atomic E-state index is 0.677. The smallest absolute Gasteiger partial charge is 0.0864 e. The van der Waals surface area contributed by atoms with Gasteiger partial charge in [-0.15, -0.1) is 0 Å². The van der Waals surface area contributed by atoms with Gasteiger partial charge >= 0.3 is 0 Å². The highest BCUT2D eigenvalue weighted by Gasteiger charge is 1.84. The molecule has 0 bridgehead atoms. The summed E-state index contributed by atoms with van der Waals surface area (Å²) in [5.41, 5.74) is 2.57. The fourth-order valence-corrected chi connectivity index (χ4v) is 0.307. The molecule has 33 valence electrons. The van der Waals surface area contributed by atoms with Gasteiger partial charge in [-0.3, -0.25) is 4.84 Å². The second-order valence-corrected chi connectivity index (χ2v) is 1.02. The van der Waals surface area contributed by atoms with Gasteiger partial charge in [0.2, 0.25) is 0 Å². The second-order valence-electron chi connectivity index (χ2n) is 1.02. The molecular weight excluding hydrogens is 78.0 g/mol. The zero-order chi connectivity index (χ0) is 4.24. The van der Waals surface area contributed by atoms with Gasteiger partial charge in [-0.25, -0.2) is 0 Å². The normalized spacial score (nSPS) is 21.3. The predicted octanol–water partition coefficient (Wildman–Crippen LogP) is 0.239. The van der Waals surface area contributed by atoms with Crippen LogP contribution >= 0.6 is 0 Å². The maximum absolute atomic E-state index is 4.68. The SMILES string of the molecule is [CH]1C=CCON1. The molecular formula is C4H6NO. The molecule has 1 aliphatic rings. The van der Waals surface area contributed by atoms with E-state index in [-0.39, 0.29) is 0 Å². The van der Waals surface area contributed by atoms with Crippen LogP contribution in [-0.4, -0.2) is 6.61 Å². The van der Waals surface area contributed by atoms with Crippen LogP contribution in [0.25, 0.3) is 0 Å². The fourth-order valence-electron chi connectivity index (χ4n) is 0.307. The Hall–Kier alpha value is -0.340. The molecule has 0 aromatic rings. The van der Waals surface area contributed by atoms with Crippen LogP contribution < -0.4 is 5.48 Å². The Kier molecular flexibility index (Phi) is 1.25. The highest BCUT2D eigenvalue weighted by Crippen LogP contribution is 1.83. The molecule has 0 spiro atoms. The number of hydroxylamine groups is 1. The van der Waals surface area contributed by atoms with Gasteiger partial charge in [0.1, 0.15) is 0 Å². The quantitative estimate of drug-likeness (QED) is 0.454. The summed E-state index contributed by atoms with van der Waals surface area (Å²) >= 11 is 0. The van der Waals surface area contributed by atoms with E-state index in [1.165, 1.54) is 0 Å². The summed E-state index contributed by atoms with van der Waals surface area (Å²) in [6, 6.07) is 0. The minimum absolute atomic E-state index is 0.677. The molecule has 0 fully saturated rings. The van der Waals surface area contributed by atoms with E-state index < -0.39 is 0 Å². The number of nitrogens with one attached hydrogen (secondary N) is 1. The van der Waals surface area contributed by atoms with Crippen molar-refractivity contribution < 1.29 is 4.84 Å². The Morgan fingerprint density at radius 1 is 1.67 bits per heavy atom. The van der Waals surface area contributed by atoms with Crippen LogP contribution in [0.15, 0.2) is 12.2 Å². The zero-order valence-electron chi connectivity index (χ0n) is 3.35. The van der Waals surface area contributed by atoms with E-state index in [9.17, 15) is 0 Å². The third-order valence-corrected chi connectivity index (χ3v) is 0.563. The molecule has 2 nitrogen and oxygen atoms in total. The van der Waals surface area contributed by atoms with E-state index in [0.29, 0.717) is 6.61 Å². The maximum Gasteiger partial charge on any atom is 0.0864 e. The van der Waals surface area contributed by atoms with Gasteiger partial charge in [-0.2, -0.15) is 5.48 Å². The molecule has 0 unspecified atom stereocenters. The fraction of sp³-hybridized carbons (Fsp3) is 0.250. The van der Waals surface area contributed by atoms with E-state index in [1.807, 2.05) is 12.2 Å². The Bertz CT molecular complexity index is 52.6. The van der Waals surface area contributed by atoms with Crippen molar-refractivity contribution in [2.75, 3.05) is 6.61 Å². The van der Waals surface area contributed by atoms with Gasteiger partial charge in [0, 0.05) is 0 Å². The summed E-state index contributed by atoms with van der Waals surface area (Å²) in [4.78, 5) is 4.68. The van der Waals surface area contributed by atoms with Crippen molar-refractivity contribution in [1.82, 2.24) is 5.48 Å². The molecule has 2 heteroatoms. The van der Waals surface area contributed by atoms with Crippen LogP contribution in [0.4, 0.5) is 0 Å². The summed E-state index contributed by atoms with van der Waals surface area (Å²) in [5.74, 6) is 0. The van der Waals surface area contributed by atoms with Gasteiger partial charge in [0.25, 0.3) is 0 Å². The van der Waals surface area contributed by atoms with Crippen molar-refractivity contribution in [3.05, 3.63) is 18.7 Å². The molecule has 0 aromatic carbocycles. The maximum atomic E-state index is 4.68. The molecule has 6 heavy (non-hydrogen) atoms. The molecule has 1 radical (unpaired) electrons. The highest BCUT2D eigenvalue weighted by atomic mass is 16.6. The van der Waals surface area contributed by atoms with Crippen molar-refractivity contribution in [2.45, 2.75) is 0 Å². The molecule has 0 aromatic heterocycles. The van der Waals surface area contributed by atoms with E-state index in [2.05, 4.69) is 10.3 Å². The Morgan fingerprint density at radius 2 is 2.67 bits per heavy atom. The lowest BCUT2D eigenvalue weighted by Crippen LogP contribution is -2.13. The Balaban J connectivity index is 2.26. The van der Waals surface area contributed by atoms with Gasteiger partial charge in [-0.05, 0) is 0 Å². The monoisotopic (exact) mass is 84.0 g/mol. The third kappa shape index (κ3) is 0.808. The zero-order valence-corrected chi connectivity index (χ0v) is 3.35. The lowest BCUT2D eigenvalue weighted by molar-refractivity contribution is 0.0795. The summed E-state index contributed by atoms with van der Waals surface area (Å²) in [5, 5.41) is 0. The number of hydrogen-bond acceptors (Lipinski definition) is 2. The van der Waals surface area contributed by atoms with Crippen LogP contribution in [-0.2, 0) is 4.84 Å². The van der Waals surface area contributed by atoms with Crippen LogP contribution in [0.5, 0.6) is 0 Å². The van der Waals surface area contributed by atoms with Gasteiger partial charge in [-0.1, -0.05) is 12.2 Å². The molecule has 0 saturated heterocycles. The van der Waals surface area contributed by atoms with Crippen molar-refractivity contribution in [3.8, 4) is 0 Å². The molecule has 0 saturated carbocycles. The van der Waals surface area contributed by atoms with Crippen molar-refractivity contribution in [1.29, 1.82) is 0 Å². The van der Waals surface area contributed by atoms with Crippen LogP contribution in [0.1, 0.15) is 0 Å². The first-order valence-corrected chi connectivity index (χ1v) is 1.86. The molecule has 1 heterocycles. The Labute approximate surface area is 36.8 Å². The molecule has 1 aliphatic heterocycles. The average molecular weight is 84.1 g/mol. The predicted molar refractivity (Wildman–Crippen MR) is 22.5 cm³/mol. The molecule has 0 atom stereocenters. The van der Waals surface area contributed by atoms with E-state index >= 15 is 0 Å². The largest absolute Gasteiger partial charge is 0.297 e. The van der Waals surface area contributed by atoms with E-state index in [1.54, 1.807) is 6.54 Å². The lowest BCUT2D eigenvalue weighted by atomic mass is 10.5. The summed E-state index contributed by atoms with van der Waals surface area (Å²) < 4.78 is 0. The van der Waals surface area contributed by atoms with Crippen LogP contribution in [0.3, 0.4) is 0 Å². The van der Waals surface area contributed by atoms with Crippen molar-refractivity contribution in [3.63, 3.8) is 0 Å². The first-order valence-electron chi connectivity index (χ1n) is 1.86. The van der Waals surface area contributed by atoms with E-state index in [4.69, 9.17) is 0 Å². The van der Waals surface area contributed by atoms with Gasteiger partial charge in [0.15, 0.2) is 0 Å². The number of rotatable bonds is 0. The summed E-state index contributed by atoms with van der Waals surface area (Å²) in [7, 11) is 0. The van der Waals surface area contributed by atoms with Crippen molar-refractivity contribution in [2.24, 2.45) is 0 Å². The standard InChI is InChI=1S/C4H6NO/c1-2-4-6-5-3-1/h1-3,5H,4H2. The second kappa shape index (κ2) is 1.95. The lowest BCUT2D eigenvalue weighted by Gasteiger charge is -2.02. The summed E-state index contributed by atoms with van der Waals surface area (Å²) in [6.45, 7) is 2.42. The van der Waals surface area contributed by atoms with Crippen molar-refractivity contribution >= 4 is 0 Å². The number of hydrogen-bond donors (Lipinski definition) is 1. The van der Waals surface area contributed by atoms with Crippen LogP contribution in [0.2, 0.25) is 0 Å². The highest BCUT2D eigenvalue weighted by molar-refractivity contribution is 4.93. The average Bonchev–Trinajstić information content (AvgIpc) is 1.72. The third-order valence-electron chi connectivity index (χ3n) is 0.563. The minimum Gasteiger partial charge on any atom is -0.297 e. The van der Waals surface area contributed by atoms with Crippen LogP contribution in [0, 0.1) is 6.54 Å². The first kappa shape index (κ1) is 3.84. The first-order chi connectivity index (χ1) is 3.00. The molecule has 1 N–H and O–H groups in total. The Morgan fingerprint density at radius 3 is 2.83 bits per heavy atom. The topological polar surface area (TPSA) is 21.3 Å². The molecule has 0 aliphatic carbocycles. The van der Waals surface area contributed by atoms with Gasteiger partial charge < -0.3 is 0 Å².